The maximum atomic E-state index is 5.50. The fraction of sp³-hybridized carbons (Fsp3) is 0.650. The Bertz CT molecular complexity index is 566. The number of rotatable bonds is 6. The minimum atomic E-state index is 0.617. The summed E-state index contributed by atoms with van der Waals surface area (Å²) in [5.41, 5.74) is 2.59. The van der Waals surface area contributed by atoms with Crippen LogP contribution in [0.1, 0.15) is 18.9 Å². The number of benzene rings is 1. The number of hydrogen-bond donors (Lipinski definition) is 1. The van der Waals surface area contributed by atoms with Gasteiger partial charge in [0.25, 0.3) is 0 Å². The lowest BCUT2D eigenvalue weighted by molar-refractivity contribution is 0.181. The standard InChI is InChI=1S/C20H32N4OS/c1-3-21-20(23(2)15-18-8-11-25-16-18)22-14-17-4-6-19(7-5-17)24-9-12-26-13-10-24/h4-7,18H,3,8-16H2,1-2H3,(H,21,22). The predicted molar refractivity (Wildman–Crippen MR) is 112 cm³/mol. The topological polar surface area (TPSA) is 40.1 Å². The van der Waals surface area contributed by atoms with Gasteiger partial charge in [0.1, 0.15) is 0 Å². The van der Waals surface area contributed by atoms with Crippen LogP contribution < -0.4 is 10.2 Å². The van der Waals surface area contributed by atoms with Crippen molar-refractivity contribution in [3.05, 3.63) is 29.8 Å². The largest absolute Gasteiger partial charge is 0.381 e. The lowest BCUT2D eigenvalue weighted by Gasteiger charge is -2.28. The van der Waals surface area contributed by atoms with Gasteiger partial charge >= 0.3 is 0 Å². The lowest BCUT2D eigenvalue weighted by Crippen LogP contribution is -2.41. The Balaban J connectivity index is 1.57. The maximum absolute atomic E-state index is 5.50. The average Bonchev–Trinajstić information content (AvgIpc) is 3.19. The summed E-state index contributed by atoms with van der Waals surface area (Å²) in [5.74, 6) is 4.06. The first-order valence-electron chi connectivity index (χ1n) is 9.75. The Morgan fingerprint density at radius 2 is 2.08 bits per heavy atom. The van der Waals surface area contributed by atoms with Crippen LogP contribution in [0, 0.1) is 5.92 Å². The van der Waals surface area contributed by atoms with E-state index < -0.39 is 0 Å². The van der Waals surface area contributed by atoms with E-state index in [1.54, 1.807) is 0 Å². The van der Waals surface area contributed by atoms with Crippen molar-refractivity contribution in [1.82, 2.24) is 10.2 Å². The van der Waals surface area contributed by atoms with Gasteiger partial charge in [-0.3, -0.25) is 0 Å². The molecular formula is C20H32N4OS. The number of nitrogens with one attached hydrogen (secondary N) is 1. The molecule has 1 aromatic carbocycles. The molecule has 0 amide bonds. The number of guanidine groups is 1. The summed E-state index contributed by atoms with van der Waals surface area (Å²) in [7, 11) is 2.12. The van der Waals surface area contributed by atoms with Crippen LogP contribution >= 0.6 is 11.8 Å². The summed E-state index contributed by atoms with van der Waals surface area (Å²) in [6, 6.07) is 8.92. The van der Waals surface area contributed by atoms with Crippen LogP contribution in [0.25, 0.3) is 0 Å². The smallest absolute Gasteiger partial charge is 0.193 e. The molecule has 3 rings (SSSR count). The molecule has 2 aliphatic heterocycles. The second kappa shape index (κ2) is 10.1. The van der Waals surface area contributed by atoms with Crippen molar-refractivity contribution in [3.8, 4) is 0 Å². The molecule has 0 aliphatic carbocycles. The van der Waals surface area contributed by atoms with Gasteiger partial charge in [-0.15, -0.1) is 0 Å². The second-order valence-corrected chi connectivity index (χ2v) is 8.27. The molecule has 1 unspecified atom stereocenters. The lowest BCUT2D eigenvalue weighted by atomic mass is 10.1. The molecule has 26 heavy (non-hydrogen) atoms. The van der Waals surface area contributed by atoms with Crippen molar-refractivity contribution < 1.29 is 4.74 Å². The van der Waals surface area contributed by atoms with Crippen molar-refractivity contribution in [2.75, 3.05) is 62.8 Å². The summed E-state index contributed by atoms with van der Waals surface area (Å²) in [5, 5.41) is 3.41. The molecule has 1 N–H and O–H groups in total. The highest BCUT2D eigenvalue weighted by atomic mass is 32.2. The molecule has 5 nitrogen and oxygen atoms in total. The summed E-state index contributed by atoms with van der Waals surface area (Å²) < 4.78 is 5.50. The normalized spacial score (nSPS) is 21.1. The third-order valence-corrected chi connectivity index (χ3v) is 5.92. The molecule has 0 bridgehead atoms. The van der Waals surface area contributed by atoms with Crippen LogP contribution in [0.5, 0.6) is 0 Å². The molecule has 6 heteroatoms. The van der Waals surface area contributed by atoms with Crippen molar-refractivity contribution in [3.63, 3.8) is 0 Å². The van der Waals surface area contributed by atoms with Crippen molar-refractivity contribution in [2.24, 2.45) is 10.9 Å². The molecule has 0 radical (unpaired) electrons. The molecule has 1 aromatic rings. The van der Waals surface area contributed by atoms with Crippen molar-refractivity contribution in [1.29, 1.82) is 0 Å². The van der Waals surface area contributed by atoms with Gasteiger partial charge in [0.05, 0.1) is 13.2 Å². The van der Waals surface area contributed by atoms with E-state index in [-0.39, 0.29) is 0 Å². The maximum Gasteiger partial charge on any atom is 0.193 e. The van der Waals surface area contributed by atoms with E-state index in [0.29, 0.717) is 12.5 Å². The second-order valence-electron chi connectivity index (χ2n) is 7.05. The van der Waals surface area contributed by atoms with Crippen molar-refractivity contribution >= 4 is 23.4 Å². The van der Waals surface area contributed by atoms with E-state index >= 15 is 0 Å². The number of hydrogen-bond acceptors (Lipinski definition) is 4. The van der Waals surface area contributed by atoms with E-state index in [1.807, 2.05) is 11.8 Å². The van der Waals surface area contributed by atoms with E-state index in [9.17, 15) is 0 Å². The Labute approximate surface area is 162 Å². The van der Waals surface area contributed by atoms with Crippen LogP contribution in [-0.2, 0) is 11.3 Å². The molecule has 2 saturated heterocycles. The summed E-state index contributed by atoms with van der Waals surface area (Å²) in [6.07, 6.45) is 1.15. The van der Waals surface area contributed by atoms with E-state index in [4.69, 9.17) is 9.73 Å². The molecule has 2 fully saturated rings. The molecule has 0 aromatic heterocycles. The fourth-order valence-corrected chi connectivity index (χ4v) is 4.37. The summed E-state index contributed by atoms with van der Waals surface area (Å²) in [4.78, 5) is 9.56. The van der Waals surface area contributed by atoms with Gasteiger partial charge in [0.15, 0.2) is 5.96 Å². The van der Waals surface area contributed by atoms with Gasteiger partial charge in [-0.1, -0.05) is 12.1 Å². The van der Waals surface area contributed by atoms with Gasteiger partial charge in [0.2, 0.25) is 0 Å². The van der Waals surface area contributed by atoms with Crippen molar-refractivity contribution in [2.45, 2.75) is 19.9 Å². The minimum Gasteiger partial charge on any atom is -0.381 e. The molecule has 0 saturated carbocycles. The number of anilines is 1. The Hall–Kier alpha value is -1.40. The highest BCUT2D eigenvalue weighted by Crippen LogP contribution is 2.20. The van der Waals surface area contributed by atoms with Crippen LogP contribution in [-0.4, -0.2) is 68.8 Å². The van der Waals surface area contributed by atoms with Crippen LogP contribution in [0.3, 0.4) is 0 Å². The number of nitrogens with zero attached hydrogens (tertiary/aromatic N) is 3. The quantitative estimate of drug-likeness (QED) is 0.611. The number of aliphatic imine (C=N–C) groups is 1. The fourth-order valence-electron chi connectivity index (χ4n) is 3.47. The molecular weight excluding hydrogens is 344 g/mol. The third-order valence-electron chi connectivity index (χ3n) is 4.98. The Kier molecular flexibility index (Phi) is 7.50. The van der Waals surface area contributed by atoms with Crippen LogP contribution in [0.4, 0.5) is 5.69 Å². The highest BCUT2D eigenvalue weighted by molar-refractivity contribution is 7.99. The predicted octanol–water partition coefficient (Wildman–Crippen LogP) is 2.67. The van der Waals surface area contributed by atoms with Gasteiger partial charge in [-0.25, -0.2) is 4.99 Å². The zero-order valence-electron chi connectivity index (χ0n) is 16.1. The summed E-state index contributed by atoms with van der Waals surface area (Å²) in [6.45, 7) is 8.80. The third kappa shape index (κ3) is 5.55. The average molecular weight is 377 g/mol. The van der Waals surface area contributed by atoms with E-state index in [1.165, 1.54) is 22.8 Å². The SMILES string of the molecule is CCNC(=NCc1ccc(N2CCSCC2)cc1)N(C)CC1CCOC1. The van der Waals surface area contributed by atoms with E-state index in [2.05, 4.69) is 53.4 Å². The first-order chi connectivity index (χ1) is 12.8. The summed E-state index contributed by atoms with van der Waals surface area (Å²) >= 11 is 2.05. The first-order valence-corrected chi connectivity index (χ1v) is 10.9. The zero-order valence-corrected chi connectivity index (χ0v) is 16.9. The van der Waals surface area contributed by atoms with Gasteiger partial charge in [-0.2, -0.15) is 11.8 Å². The Morgan fingerprint density at radius 1 is 1.31 bits per heavy atom. The Morgan fingerprint density at radius 3 is 2.73 bits per heavy atom. The van der Waals surface area contributed by atoms with E-state index in [0.717, 1.165) is 51.8 Å². The highest BCUT2D eigenvalue weighted by Gasteiger charge is 2.19. The molecule has 144 valence electrons. The molecule has 0 spiro atoms. The van der Waals surface area contributed by atoms with Gasteiger partial charge in [-0.05, 0) is 31.0 Å². The van der Waals surface area contributed by atoms with Gasteiger partial charge in [0, 0.05) is 62.9 Å². The molecule has 2 aliphatic rings. The first kappa shape index (κ1) is 19.4. The van der Waals surface area contributed by atoms with Gasteiger partial charge < -0.3 is 19.9 Å². The zero-order chi connectivity index (χ0) is 18.2. The molecule has 1 atom stereocenters. The van der Waals surface area contributed by atoms with Crippen LogP contribution in [0.2, 0.25) is 0 Å². The number of ether oxygens (including phenoxy) is 1. The minimum absolute atomic E-state index is 0.617. The monoisotopic (exact) mass is 376 g/mol. The van der Waals surface area contributed by atoms with Crippen LogP contribution in [0.15, 0.2) is 29.3 Å². The number of thioether (sulfide) groups is 1. The molecule has 2 heterocycles.